The molecule has 0 amide bonds. The van der Waals surface area contributed by atoms with Crippen LogP contribution in [-0.2, 0) is 4.79 Å². The van der Waals surface area contributed by atoms with Crippen LogP contribution >= 0.6 is 0 Å². The molecule has 6 heteroatoms. The number of rotatable bonds is 5. The summed E-state index contributed by atoms with van der Waals surface area (Å²) in [6.07, 6.45) is 0.500. The fourth-order valence-corrected chi connectivity index (χ4v) is 2.66. The van der Waals surface area contributed by atoms with Crippen molar-refractivity contribution < 1.29 is 14.3 Å². The van der Waals surface area contributed by atoms with Crippen LogP contribution in [0.5, 0.6) is 0 Å². The molecule has 1 aromatic carbocycles. The molecule has 0 saturated heterocycles. The Hall–Kier alpha value is -2.63. The summed E-state index contributed by atoms with van der Waals surface area (Å²) in [6, 6.07) is 6.87. The lowest BCUT2D eigenvalue weighted by molar-refractivity contribution is -0.138. The van der Waals surface area contributed by atoms with Crippen molar-refractivity contribution >= 4 is 33.9 Å². The minimum atomic E-state index is -0.903. The van der Waals surface area contributed by atoms with Gasteiger partial charge in [0.15, 0.2) is 11.4 Å². The Morgan fingerprint density at radius 2 is 2.04 bits per heavy atom. The Labute approximate surface area is 133 Å². The van der Waals surface area contributed by atoms with Crippen molar-refractivity contribution in [3.8, 4) is 0 Å². The summed E-state index contributed by atoms with van der Waals surface area (Å²) in [7, 11) is 0. The van der Waals surface area contributed by atoms with Crippen LogP contribution in [-0.4, -0.2) is 27.1 Å². The normalized spacial score (nSPS) is 12.9. The number of carbonyl (C=O) groups is 1. The average molecular weight is 313 g/mol. The predicted molar refractivity (Wildman–Crippen MR) is 88.5 cm³/mol. The zero-order chi connectivity index (χ0) is 16.6. The summed E-state index contributed by atoms with van der Waals surface area (Å²) in [4.78, 5) is 20.3. The number of aliphatic carboxylic acids is 1. The van der Waals surface area contributed by atoms with Crippen LogP contribution in [0.3, 0.4) is 0 Å². The third-order valence-corrected chi connectivity index (χ3v) is 3.65. The fourth-order valence-electron chi connectivity index (χ4n) is 2.66. The molecule has 3 aromatic rings. The molecule has 2 aromatic heterocycles. The van der Waals surface area contributed by atoms with Gasteiger partial charge in [-0.15, -0.1) is 0 Å². The van der Waals surface area contributed by atoms with Crippen LogP contribution in [0.1, 0.15) is 26.1 Å². The molecular formula is C17H19N3O3. The summed E-state index contributed by atoms with van der Waals surface area (Å²) in [5.41, 5.74) is 1.90. The largest absolute Gasteiger partial charge is 0.480 e. The summed E-state index contributed by atoms with van der Waals surface area (Å²) in [5, 5.41) is 13.3. The van der Waals surface area contributed by atoms with Crippen molar-refractivity contribution in [3.05, 3.63) is 30.1 Å². The second-order valence-electron chi connectivity index (χ2n) is 6.06. The second-order valence-corrected chi connectivity index (χ2v) is 6.06. The van der Waals surface area contributed by atoms with Gasteiger partial charge in [-0.3, -0.25) is 0 Å². The van der Waals surface area contributed by atoms with Gasteiger partial charge in [-0.1, -0.05) is 26.0 Å². The summed E-state index contributed by atoms with van der Waals surface area (Å²) >= 11 is 0. The van der Waals surface area contributed by atoms with Crippen LogP contribution in [0.4, 0.5) is 5.82 Å². The number of hydrogen-bond donors (Lipinski definition) is 2. The number of para-hydroxylation sites is 1. The molecule has 0 radical (unpaired) electrons. The van der Waals surface area contributed by atoms with E-state index in [1.54, 1.807) is 6.92 Å². The second kappa shape index (κ2) is 5.87. The average Bonchev–Trinajstić information content (AvgIpc) is 2.85. The van der Waals surface area contributed by atoms with Gasteiger partial charge in [-0.05, 0) is 31.4 Å². The molecular weight excluding hydrogens is 294 g/mol. The number of aromatic nitrogens is 2. The zero-order valence-electron chi connectivity index (χ0n) is 13.3. The van der Waals surface area contributed by atoms with Crippen molar-refractivity contribution in [2.45, 2.75) is 33.2 Å². The molecule has 0 spiro atoms. The lowest BCUT2D eigenvalue weighted by Gasteiger charge is -2.17. The highest BCUT2D eigenvalue weighted by molar-refractivity contribution is 6.05. The Morgan fingerprint density at radius 3 is 2.74 bits per heavy atom. The topological polar surface area (TPSA) is 88.2 Å². The molecule has 0 bridgehead atoms. The molecule has 3 rings (SSSR count). The van der Waals surface area contributed by atoms with Gasteiger partial charge in [-0.2, -0.15) is 0 Å². The van der Waals surface area contributed by atoms with E-state index in [-0.39, 0.29) is 5.92 Å². The number of aryl methyl sites for hydroxylation is 1. The number of anilines is 1. The molecule has 23 heavy (non-hydrogen) atoms. The third-order valence-electron chi connectivity index (χ3n) is 3.65. The van der Waals surface area contributed by atoms with E-state index in [9.17, 15) is 9.90 Å². The van der Waals surface area contributed by atoms with Crippen molar-refractivity contribution in [2.75, 3.05) is 5.32 Å². The summed E-state index contributed by atoms with van der Waals surface area (Å²) in [6.45, 7) is 5.75. The number of benzene rings is 1. The monoisotopic (exact) mass is 313 g/mol. The molecule has 0 aliphatic carbocycles. The number of nitrogens with zero attached hydrogens (tertiary/aromatic N) is 2. The van der Waals surface area contributed by atoms with E-state index in [1.165, 1.54) is 0 Å². The van der Waals surface area contributed by atoms with E-state index >= 15 is 0 Å². The van der Waals surface area contributed by atoms with E-state index in [1.807, 2.05) is 38.1 Å². The Balaban J connectivity index is 2.11. The van der Waals surface area contributed by atoms with Gasteiger partial charge in [0.25, 0.3) is 0 Å². The number of hydrogen-bond acceptors (Lipinski definition) is 5. The van der Waals surface area contributed by atoms with Gasteiger partial charge < -0.3 is 14.8 Å². The standard InChI is InChI=1S/C17H19N3O3/c1-9(2)8-12(17(21)22)20-16-15-14(18-10(3)19-16)11-6-4-5-7-13(11)23-15/h4-7,9,12H,8H2,1-3H3,(H,21,22)(H,18,19,20). The van der Waals surface area contributed by atoms with Crippen molar-refractivity contribution in [2.24, 2.45) is 5.92 Å². The van der Waals surface area contributed by atoms with E-state index in [2.05, 4.69) is 15.3 Å². The molecule has 2 heterocycles. The van der Waals surface area contributed by atoms with Crippen LogP contribution in [0.2, 0.25) is 0 Å². The summed E-state index contributed by atoms with van der Waals surface area (Å²) < 4.78 is 5.84. The fraction of sp³-hybridized carbons (Fsp3) is 0.353. The highest BCUT2D eigenvalue weighted by Crippen LogP contribution is 2.31. The maximum absolute atomic E-state index is 11.5. The highest BCUT2D eigenvalue weighted by atomic mass is 16.4. The molecule has 6 nitrogen and oxygen atoms in total. The molecule has 1 atom stereocenters. The van der Waals surface area contributed by atoms with Crippen molar-refractivity contribution in [1.29, 1.82) is 0 Å². The van der Waals surface area contributed by atoms with E-state index < -0.39 is 12.0 Å². The van der Waals surface area contributed by atoms with Gasteiger partial charge in [0.1, 0.15) is 23.0 Å². The maximum atomic E-state index is 11.5. The Kier molecular flexibility index (Phi) is 3.90. The van der Waals surface area contributed by atoms with E-state index in [4.69, 9.17) is 4.42 Å². The first kappa shape index (κ1) is 15.3. The molecule has 120 valence electrons. The maximum Gasteiger partial charge on any atom is 0.326 e. The SMILES string of the molecule is Cc1nc(NC(CC(C)C)C(=O)O)c2oc3ccccc3c2n1. The quantitative estimate of drug-likeness (QED) is 0.748. The van der Waals surface area contributed by atoms with E-state index in [0.717, 1.165) is 5.39 Å². The van der Waals surface area contributed by atoms with Crippen LogP contribution in [0.15, 0.2) is 28.7 Å². The van der Waals surface area contributed by atoms with E-state index in [0.29, 0.717) is 34.7 Å². The smallest absolute Gasteiger partial charge is 0.326 e. The first-order valence-corrected chi connectivity index (χ1v) is 7.61. The first-order chi connectivity index (χ1) is 11.0. The molecule has 1 unspecified atom stereocenters. The molecule has 0 fully saturated rings. The van der Waals surface area contributed by atoms with Crippen LogP contribution < -0.4 is 5.32 Å². The Bertz CT molecular complexity index is 870. The number of fused-ring (bicyclic) bond motifs is 3. The van der Waals surface area contributed by atoms with Crippen molar-refractivity contribution in [3.63, 3.8) is 0 Å². The van der Waals surface area contributed by atoms with Crippen LogP contribution in [0, 0.1) is 12.8 Å². The molecule has 0 saturated carbocycles. The zero-order valence-corrected chi connectivity index (χ0v) is 13.3. The van der Waals surface area contributed by atoms with Crippen LogP contribution in [0.25, 0.3) is 22.1 Å². The molecule has 0 aliphatic rings. The summed E-state index contributed by atoms with van der Waals surface area (Å²) in [5.74, 6) is 0.342. The lowest BCUT2D eigenvalue weighted by Crippen LogP contribution is -2.31. The van der Waals surface area contributed by atoms with Gasteiger partial charge in [0.05, 0.1) is 0 Å². The minimum Gasteiger partial charge on any atom is -0.480 e. The number of carboxylic acids is 1. The van der Waals surface area contributed by atoms with Gasteiger partial charge >= 0.3 is 5.97 Å². The van der Waals surface area contributed by atoms with Gasteiger partial charge in [-0.25, -0.2) is 14.8 Å². The molecule has 0 aliphatic heterocycles. The van der Waals surface area contributed by atoms with Gasteiger partial charge in [0, 0.05) is 5.39 Å². The number of nitrogens with one attached hydrogen (secondary N) is 1. The van der Waals surface area contributed by atoms with Gasteiger partial charge in [0.2, 0.25) is 0 Å². The molecule has 2 N–H and O–H groups in total. The minimum absolute atomic E-state index is 0.248. The third kappa shape index (κ3) is 2.97. The number of furan rings is 1. The van der Waals surface area contributed by atoms with Crippen molar-refractivity contribution in [1.82, 2.24) is 9.97 Å². The Morgan fingerprint density at radius 1 is 1.30 bits per heavy atom. The lowest BCUT2D eigenvalue weighted by atomic mass is 10.0. The first-order valence-electron chi connectivity index (χ1n) is 7.61. The predicted octanol–water partition coefficient (Wildman–Crippen LogP) is 3.60. The number of carboxylic acid groups (broad SMARTS) is 1. The highest BCUT2D eigenvalue weighted by Gasteiger charge is 2.22.